The Bertz CT molecular complexity index is 508. The van der Waals surface area contributed by atoms with Gasteiger partial charge in [0.2, 0.25) is 0 Å². The van der Waals surface area contributed by atoms with Gasteiger partial charge in [0, 0.05) is 11.6 Å². The number of amides is 1. The lowest BCUT2D eigenvalue weighted by atomic mass is 10.1. The number of nitrogens with one attached hydrogen (secondary N) is 1. The minimum Gasteiger partial charge on any atom is -0.483 e. The molecule has 0 aliphatic heterocycles. The summed E-state index contributed by atoms with van der Waals surface area (Å²) in [4.78, 5) is 11.9. The van der Waals surface area contributed by atoms with E-state index in [1.165, 1.54) is 12.8 Å². The summed E-state index contributed by atoms with van der Waals surface area (Å²) >= 11 is 0. The molecule has 0 bridgehead atoms. The highest BCUT2D eigenvalue weighted by atomic mass is 16.5. The zero-order chi connectivity index (χ0) is 15.1. The van der Waals surface area contributed by atoms with Crippen molar-refractivity contribution in [3.8, 4) is 5.75 Å². The monoisotopic (exact) mass is 290 g/mol. The first kappa shape index (κ1) is 15.4. The Labute approximate surface area is 125 Å². The van der Waals surface area contributed by atoms with Crippen molar-refractivity contribution in [2.45, 2.75) is 45.1 Å². The van der Waals surface area contributed by atoms with Gasteiger partial charge in [-0.25, -0.2) is 0 Å². The van der Waals surface area contributed by atoms with Crippen molar-refractivity contribution < 1.29 is 14.7 Å². The first-order valence-electron chi connectivity index (χ1n) is 7.47. The number of ether oxygens (including phenoxy) is 1. The van der Waals surface area contributed by atoms with E-state index in [9.17, 15) is 4.79 Å². The van der Waals surface area contributed by atoms with E-state index in [0.29, 0.717) is 23.9 Å². The average Bonchev–Trinajstić information content (AvgIpc) is 3.00. The lowest BCUT2D eigenvalue weighted by Crippen LogP contribution is -2.36. The van der Waals surface area contributed by atoms with E-state index < -0.39 is 0 Å². The smallest absolute Gasteiger partial charge is 0.258 e. The number of nitrogens with zero attached hydrogens (tertiary/aromatic N) is 1. The summed E-state index contributed by atoms with van der Waals surface area (Å²) in [5, 5.41) is 15.3. The number of carbonyl (C=O) groups excluding carboxylic acids is 1. The van der Waals surface area contributed by atoms with E-state index in [0.717, 1.165) is 18.4 Å². The van der Waals surface area contributed by atoms with E-state index in [1.807, 2.05) is 25.1 Å². The highest BCUT2D eigenvalue weighted by molar-refractivity contribution is 6.02. The van der Waals surface area contributed by atoms with Crippen LogP contribution in [0.15, 0.2) is 29.4 Å². The molecule has 5 nitrogen and oxygen atoms in total. The molecular formula is C16H22N2O3. The van der Waals surface area contributed by atoms with E-state index in [1.54, 1.807) is 6.07 Å². The molecule has 2 N–H and O–H groups in total. The molecule has 0 atom stereocenters. The van der Waals surface area contributed by atoms with Gasteiger partial charge in [-0.3, -0.25) is 4.79 Å². The molecule has 21 heavy (non-hydrogen) atoms. The van der Waals surface area contributed by atoms with Crippen molar-refractivity contribution >= 4 is 11.6 Å². The average molecular weight is 290 g/mol. The highest BCUT2D eigenvalue weighted by Gasteiger charge is 2.17. The van der Waals surface area contributed by atoms with Gasteiger partial charge in [0.25, 0.3) is 5.91 Å². The molecular weight excluding hydrogens is 268 g/mol. The molecule has 0 saturated heterocycles. The molecule has 1 amide bonds. The van der Waals surface area contributed by atoms with Gasteiger partial charge >= 0.3 is 0 Å². The molecule has 1 aliphatic rings. The molecule has 0 heterocycles. The van der Waals surface area contributed by atoms with E-state index in [4.69, 9.17) is 9.94 Å². The number of hydrogen-bond acceptors (Lipinski definition) is 4. The normalized spacial score (nSPS) is 16.0. The molecule has 1 aliphatic carbocycles. The summed E-state index contributed by atoms with van der Waals surface area (Å²) in [5.74, 6) is 0.462. The second-order valence-corrected chi connectivity index (χ2v) is 5.23. The Hall–Kier alpha value is -2.04. The fourth-order valence-electron chi connectivity index (χ4n) is 2.63. The predicted molar refractivity (Wildman–Crippen MR) is 81.0 cm³/mol. The molecule has 1 aromatic rings. The van der Waals surface area contributed by atoms with Gasteiger partial charge in [0.15, 0.2) is 6.61 Å². The van der Waals surface area contributed by atoms with Crippen LogP contribution in [-0.4, -0.2) is 29.5 Å². The SMILES string of the molecule is CC/C(=N\O)c1ccccc1OCC(=O)NC1CCCC1. The number of carbonyl (C=O) groups is 1. The van der Waals surface area contributed by atoms with Crippen LogP contribution in [0.3, 0.4) is 0 Å². The van der Waals surface area contributed by atoms with E-state index >= 15 is 0 Å². The van der Waals surface area contributed by atoms with Crippen molar-refractivity contribution in [1.29, 1.82) is 0 Å². The largest absolute Gasteiger partial charge is 0.483 e. The Morgan fingerprint density at radius 3 is 2.76 bits per heavy atom. The second kappa shape index (κ2) is 7.67. The summed E-state index contributed by atoms with van der Waals surface area (Å²) in [6, 6.07) is 7.57. The summed E-state index contributed by atoms with van der Waals surface area (Å²) in [7, 11) is 0. The van der Waals surface area contributed by atoms with Crippen LogP contribution in [0.5, 0.6) is 5.75 Å². The van der Waals surface area contributed by atoms with Crippen LogP contribution < -0.4 is 10.1 Å². The molecule has 0 aromatic heterocycles. The number of rotatable bonds is 6. The van der Waals surface area contributed by atoms with Crippen LogP contribution in [0.4, 0.5) is 0 Å². The topological polar surface area (TPSA) is 70.9 Å². The van der Waals surface area contributed by atoms with Gasteiger partial charge in [-0.15, -0.1) is 0 Å². The van der Waals surface area contributed by atoms with Crippen LogP contribution in [0.1, 0.15) is 44.6 Å². The van der Waals surface area contributed by atoms with Crippen molar-refractivity contribution in [3.05, 3.63) is 29.8 Å². The summed E-state index contributed by atoms with van der Waals surface area (Å²) < 4.78 is 5.59. The van der Waals surface area contributed by atoms with Crippen LogP contribution >= 0.6 is 0 Å². The Morgan fingerprint density at radius 2 is 2.10 bits per heavy atom. The predicted octanol–water partition coefficient (Wildman–Crippen LogP) is 2.71. The molecule has 1 saturated carbocycles. The second-order valence-electron chi connectivity index (χ2n) is 5.23. The summed E-state index contributed by atoms with van der Waals surface area (Å²) in [6.45, 7) is 1.88. The summed E-state index contributed by atoms with van der Waals surface area (Å²) in [6.07, 6.45) is 5.06. The molecule has 2 rings (SSSR count). The van der Waals surface area contributed by atoms with Crippen molar-refractivity contribution in [2.24, 2.45) is 5.16 Å². The third kappa shape index (κ3) is 4.21. The minimum atomic E-state index is -0.101. The fourth-order valence-corrected chi connectivity index (χ4v) is 2.63. The Morgan fingerprint density at radius 1 is 1.38 bits per heavy atom. The standard InChI is InChI=1S/C16H22N2O3/c1-2-14(18-20)13-9-5-6-10-15(13)21-11-16(19)17-12-7-3-4-8-12/h5-6,9-10,12,20H,2-4,7-8,11H2,1H3,(H,17,19)/b18-14+. The van der Waals surface area contributed by atoms with E-state index in [2.05, 4.69) is 10.5 Å². The van der Waals surface area contributed by atoms with Crippen molar-refractivity contribution in [2.75, 3.05) is 6.61 Å². The van der Waals surface area contributed by atoms with Gasteiger partial charge in [0.05, 0.1) is 5.71 Å². The number of para-hydroxylation sites is 1. The van der Waals surface area contributed by atoms with Crippen LogP contribution in [0.2, 0.25) is 0 Å². The summed E-state index contributed by atoms with van der Waals surface area (Å²) in [5.41, 5.74) is 1.26. The van der Waals surface area contributed by atoms with Crippen LogP contribution in [-0.2, 0) is 4.79 Å². The molecule has 5 heteroatoms. The van der Waals surface area contributed by atoms with E-state index in [-0.39, 0.29) is 12.5 Å². The molecule has 1 aromatic carbocycles. The molecule has 1 fully saturated rings. The van der Waals surface area contributed by atoms with Crippen LogP contribution in [0, 0.1) is 0 Å². The Balaban J connectivity index is 1.94. The molecule has 114 valence electrons. The Kier molecular flexibility index (Phi) is 5.60. The van der Waals surface area contributed by atoms with Gasteiger partial charge in [-0.2, -0.15) is 0 Å². The maximum Gasteiger partial charge on any atom is 0.258 e. The molecule has 0 radical (unpaired) electrons. The third-order valence-electron chi connectivity index (χ3n) is 3.73. The van der Waals surface area contributed by atoms with Crippen molar-refractivity contribution in [1.82, 2.24) is 5.32 Å². The number of oxime groups is 1. The minimum absolute atomic E-state index is 0.0179. The maximum atomic E-state index is 11.9. The van der Waals surface area contributed by atoms with Gasteiger partial charge < -0.3 is 15.3 Å². The van der Waals surface area contributed by atoms with Gasteiger partial charge in [-0.1, -0.05) is 37.1 Å². The zero-order valence-electron chi connectivity index (χ0n) is 12.3. The lowest BCUT2D eigenvalue weighted by Gasteiger charge is -2.14. The fraction of sp³-hybridized carbons (Fsp3) is 0.500. The lowest BCUT2D eigenvalue weighted by molar-refractivity contribution is -0.123. The number of hydrogen-bond donors (Lipinski definition) is 2. The quantitative estimate of drug-likeness (QED) is 0.481. The molecule has 0 unspecified atom stereocenters. The maximum absolute atomic E-state index is 11.9. The number of benzene rings is 1. The zero-order valence-corrected chi connectivity index (χ0v) is 12.3. The highest BCUT2D eigenvalue weighted by Crippen LogP contribution is 2.20. The van der Waals surface area contributed by atoms with Gasteiger partial charge in [-0.05, 0) is 31.4 Å². The van der Waals surface area contributed by atoms with Crippen molar-refractivity contribution in [3.63, 3.8) is 0 Å². The first-order valence-corrected chi connectivity index (χ1v) is 7.47. The van der Waals surface area contributed by atoms with Gasteiger partial charge in [0.1, 0.15) is 5.75 Å². The third-order valence-corrected chi connectivity index (χ3v) is 3.73. The first-order chi connectivity index (χ1) is 10.2. The molecule has 0 spiro atoms. The van der Waals surface area contributed by atoms with Crippen LogP contribution in [0.25, 0.3) is 0 Å².